The van der Waals surface area contributed by atoms with Crippen LogP contribution in [0.2, 0.25) is 0 Å². The number of carbonyl (C=O) groups is 2. The van der Waals surface area contributed by atoms with Crippen LogP contribution in [0.3, 0.4) is 0 Å². The summed E-state index contributed by atoms with van der Waals surface area (Å²) in [6, 6.07) is 4.33. The van der Waals surface area contributed by atoms with Gasteiger partial charge in [0.2, 0.25) is 0 Å². The van der Waals surface area contributed by atoms with Crippen LogP contribution in [0.5, 0.6) is 0 Å². The van der Waals surface area contributed by atoms with E-state index < -0.39 is 5.97 Å². The van der Waals surface area contributed by atoms with E-state index in [9.17, 15) is 9.59 Å². The molecule has 0 saturated carbocycles. The second-order valence-electron chi connectivity index (χ2n) is 4.08. The molecule has 0 spiro atoms. The third-order valence-corrected chi connectivity index (χ3v) is 3.90. The standard InChI is InChI=1S/C13H17BrN2O3S/c1-20-7-3-2-6-15-13(19)16-9-4-5-11(14)10(8-9)12(17)18/h4-5,8H,2-3,6-7H2,1H3,(H,17,18)(H2,15,16,19). The topological polar surface area (TPSA) is 78.4 Å². The molecule has 0 heterocycles. The number of carboxylic acids is 1. The molecule has 0 aliphatic heterocycles. The van der Waals surface area contributed by atoms with E-state index in [0.29, 0.717) is 16.7 Å². The number of carbonyl (C=O) groups excluding carboxylic acids is 1. The van der Waals surface area contributed by atoms with Gasteiger partial charge in [-0.3, -0.25) is 0 Å². The highest BCUT2D eigenvalue weighted by Crippen LogP contribution is 2.21. The van der Waals surface area contributed by atoms with Gasteiger partial charge in [0.25, 0.3) is 0 Å². The Morgan fingerprint density at radius 3 is 2.75 bits per heavy atom. The van der Waals surface area contributed by atoms with Crippen LogP contribution in [0.25, 0.3) is 0 Å². The van der Waals surface area contributed by atoms with Crippen molar-refractivity contribution in [2.45, 2.75) is 12.8 Å². The first-order valence-corrected chi connectivity index (χ1v) is 8.30. The van der Waals surface area contributed by atoms with Gasteiger partial charge >= 0.3 is 12.0 Å². The molecule has 1 aromatic carbocycles. The highest BCUT2D eigenvalue weighted by Gasteiger charge is 2.10. The number of halogens is 1. The molecule has 0 saturated heterocycles. The van der Waals surface area contributed by atoms with E-state index in [-0.39, 0.29) is 11.6 Å². The summed E-state index contributed by atoms with van der Waals surface area (Å²) in [5.41, 5.74) is 0.565. The predicted octanol–water partition coefficient (Wildman–Crippen LogP) is 3.41. The Bertz CT molecular complexity index is 483. The molecule has 1 rings (SSSR count). The number of nitrogens with one attached hydrogen (secondary N) is 2. The third kappa shape index (κ3) is 5.83. The smallest absolute Gasteiger partial charge is 0.336 e. The maximum Gasteiger partial charge on any atom is 0.336 e. The summed E-state index contributed by atoms with van der Waals surface area (Å²) in [5, 5.41) is 14.3. The molecule has 110 valence electrons. The van der Waals surface area contributed by atoms with Crippen LogP contribution in [0.1, 0.15) is 23.2 Å². The van der Waals surface area contributed by atoms with Crippen molar-refractivity contribution < 1.29 is 14.7 Å². The fourth-order valence-electron chi connectivity index (χ4n) is 1.52. The number of benzene rings is 1. The van der Waals surface area contributed by atoms with Crippen molar-refractivity contribution in [3.63, 3.8) is 0 Å². The lowest BCUT2D eigenvalue weighted by Crippen LogP contribution is -2.29. The van der Waals surface area contributed by atoms with E-state index in [4.69, 9.17) is 5.11 Å². The number of hydrogen-bond acceptors (Lipinski definition) is 3. The number of anilines is 1. The Labute approximate surface area is 130 Å². The first-order chi connectivity index (χ1) is 9.54. The zero-order valence-electron chi connectivity index (χ0n) is 11.1. The summed E-state index contributed by atoms with van der Waals surface area (Å²) in [4.78, 5) is 22.6. The SMILES string of the molecule is CSCCCCNC(=O)Nc1ccc(Br)c(C(=O)O)c1. The van der Waals surface area contributed by atoms with Crippen LogP contribution >= 0.6 is 27.7 Å². The summed E-state index contributed by atoms with van der Waals surface area (Å²) >= 11 is 4.93. The summed E-state index contributed by atoms with van der Waals surface area (Å²) in [7, 11) is 0. The molecular weight excluding hydrogens is 344 g/mol. The van der Waals surface area contributed by atoms with Gasteiger partial charge in [-0.15, -0.1) is 0 Å². The molecule has 0 fully saturated rings. The number of aromatic carboxylic acids is 1. The van der Waals surface area contributed by atoms with Gasteiger partial charge in [-0.1, -0.05) is 0 Å². The molecule has 1 aromatic rings. The molecule has 2 amide bonds. The van der Waals surface area contributed by atoms with Gasteiger partial charge in [0, 0.05) is 16.7 Å². The Morgan fingerprint density at radius 2 is 2.10 bits per heavy atom. The Morgan fingerprint density at radius 1 is 1.35 bits per heavy atom. The molecular formula is C13H17BrN2O3S. The van der Waals surface area contributed by atoms with Gasteiger partial charge in [0.15, 0.2) is 0 Å². The van der Waals surface area contributed by atoms with Gasteiger partial charge < -0.3 is 15.7 Å². The number of amides is 2. The maximum absolute atomic E-state index is 11.6. The van der Waals surface area contributed by atoms with Crippen molar-refractivity contribution in [1.29, 1.82) is 0 Å². The highest BCUT2D eigenvalue weighted by atomic mass is 79.9. The number of rotatable bonds is 7. The van der Waals surface area contributed by atoms with E-state index in [1.54, 1.807) is 23.9 Å². The first-order valence-electron chi connectivity index (χ1n) is 6.11. The van der Waals surface area contributed by atoms with Crippen molar-refractivity contribution in [2.24, 2.45) is 0 Å². The Balaban J connectivity index is 2.46. The molecule has 0 aliphatic rings. The zero-order valence-corrected chi connectivity index (χ0v) is 13.5. The normalized spacial score (nSPS) is 10.1. The Hall–Kier alpha value is -1.21. The van der Waals surface area contributed by atoms with E-state index in [0.717, 1.165) is 18.6 Å². The largest absolute Gasteiger partial charge is 0.478 e. The zero-order chi connectivity index (χ0) is 15.0. The summed E-state index contributed by atoms with van der Waals surface area (Å²) in [6.45, 7) is 0.606. The molecule has 0 atom stereocenters. The van der Waals surface area contributed by atoms with E-state index in [1.807, 2.05) is 6.26 Å². The maximum atomic E-state index is 11.6. The molecule has 5 nitrogen and oxygen atoms in total. The number of hydrogen-bond donors (Lipinski definition) is 3. The number of urea groups is 1. The first kappa shape index (κ1) is 16.8. The molecule has 0 aromatic heterocycles. The highest BCUT2D eigenvalue weighted by molar-refractivity contribution is 9.10. The van der Waals surface area contributed by atoms with E-state index >= 15 is 0 Å². The van der Waals surface area contributed by atoms with E-state index in [2.05, 4.69) is 26.6 Å². The third-order valence-electron chi connectivity index (χ3n) is 2.52. The van der Waals surface area contributed by atoms with Crippen LogP contribution in [-0.4, -0.2) is 35.7 Å². The fraction of sp³-hybridized carbons (Fsp3) is 0.385. The lowest BCUT2D eigenvalue weighted by molar-refractivity contribution is 0.0696. The number of carboxylic acid groups (broad SMARTS) is 1. The van der Waals surface area contributed by atoms with Gasteiger partial charge in [-0.2, -0.15) is 11.8 Å². The average Bonchev–Trinajstić information content (AvgIpc) is 2.40. The molecule has 0 radical (unpaired) electrons. The number of thioether (sulfide) groups is 1. The minimum atomic E-state index is -1.04. The minimum absolute atomic E-state index is 0.114. The average molecular weight is 361 g/mol. The van der Waals surface area contributed by atoms with E-state index in [1.165, 1.54) is 6.07 Å². The van der Waals surface area contributed by atoms with Gasteiger partial charge in [0.05, 0.1) is 5.56 Å². The molecule has 0 aliphatic carbocycles. The molecule has 7 heteroatoms. The summed E-state index contributed by atoms with van der Waals surface area (Å²) < 4.78 is 0.480. The van der Waals surface area contributed by atoms with Gasteiger partial charge in [-0.05, 0) is 59.0 Å². The molecule has 20 heavy (non-hydrogen) atoms. The summed E-state index contributed by atoms with van der Waals surface area (Å²) in [6.07, 6.45) is 4.03. The summed E-state index contributed by atoms with van der Waals surface area (Å²) in [5.74, 6) is 0.0378. The van der Waals surface area contributed by atoms with Crippen LogP contribution < -0.4 is 10.6 Å². The molecule has 3 N–H and O–H groups in total. The second kappa shape index (κ2) is 8.86. The number of unbranched alkanes of at least 4 members (excludes halogenated alkanes) is 1. The fourth-order valence-corrected chi connectivity index (χ4v) is 2.42. The lowest BCUT2D eigenvalue weighted by Gasteiger charge is -2.08. The van der Waals surface area contributed by atoms with Crippen molar-refractivity contribution >= 4 is 45.4 Å². The van der Waals surface area contributed by atoms with Crippen molar-refractivity contribution in [1.82, 2.24) is 5.32 Å². The van der Waals surface area contributed by atoms with Crippen molar-refractivity contribution in [3.8, 4) is 0 Å². The van der Waals surface area contributed by atoms with Crippen LogP contribution in [0.15, 0.2) is 22.7 Å². The second-order valence-corrected chi connectivity index (χ2v) is 5.92. The Kier molecular flexibility index (Phi) is 7.46. The van der Waals surface area contributed by atoms with Gasteiger partial charge in [-0.25, -0.2) is 9.59 Å². The monoisotopic (exact) mass is 360 g/mol. The van der Waals surface area contributed by atoms with Crippen LogP contribution in [-0.2, 0) is 0 Å². The molecule has 0 bridgehead atoms. The lowest BCUT2D eigenvalue weighted by atomic mass is 10.2. The van der Waals surface area contributed by atoms with Crippen molar-refractivity contribution in [3.05, 3.63) is 28.2 Å². The molecule has 0 unspecified atom stereocenters. The van der Waals surface area contributed by atoms with Crippen LogP contribution in [0.4, 0.5) is 10.5 Å². The van der Waals surface area contributed by atoms with Gasteiger partial charge in [0.1, 0.15) is 0 Å². The quantitative estimate of drug-likeness (QED) is 0.651. The van der Waals surface area contributed by atoms with Crippen LogP contribution in [0, 0.1) is 0 Å². The predicted molar refractivity (Wildman–Crippen MR) is 85.7 cm³/mol. The van der Waals surface area contributed by atoms with Crippen molar-refractivity contribution in [2.75, 3.05) is 23.9 Å². The minimum Gasteiger partial charge on any atom is -0.478 e.